The third-order valence-electron chi connectivity index (χ3n) is 3.31. The molecule has 0 bridgehead atoms. The molecule has 1 aromatic heterocycles. The summed E-state index contributed by atoms with van der Waals surface area (Å²) in [5.74, 6) is -1.13. The Balaban J connectivity index is 2.63. The quantitative estimate of drug-likeness (QED) is 0.694. The van der Waals surface area contributed by atoms with Crippen LogP contribution < -0.4 is 5.73 Å². The van der Waals surface area contributed by atoms with Gasteiger partial charge < -0.3 is 10.5 Å². The fraction of sp³-hybridized carbons (Fsp3) is 0.333. The van der Waals surface area contributed by atoms with Crippen molar-refractivity contribution in [3.05, 3.63) is 41.0 Å². The summed E-state index contributed by atoms with van der Waals surface area (Å²) >= 11 is 0. The molecule has 0 amide bonds. The molecule has 2 N–H and O–H groups in total. The summed E-state index contributed by atoms with van der Waals surface area (Å²) in [6.07, 6.45) is 1.45. The molecule has 0 aliphatic rings. The molecule has 112 valence electrons. The molecule has 0 saturated carbocycles. The fourth-order valence-corrected chi connectivity index (χ4v) is 2.13. The van der Waals surface area contributed by atoms with Crippen LogP contribution in [-0.2, 0) is 17.6 Å². The lowest BCUT2D eigenvalue weighted by molar-refractivity contribution is 0.0602. The van der Waals surface area contributed by atoms with Gasteiger partial charge in [-0.2, -0.15) is 5.10 Å². The number of aromatic nitrogens is 2. The van der Waals surface area contributed by atoms with Crippen LogP contribution in [0.4, 0.5) is 10.1 Å². The molecular formula is C15H18FN3O2. The van der Waals surface area contributed by atoms with E-state index in [1.165, 1.54) is 17.9 Å². The maximum atomic E-state index is 14.2. The summed E-state index contributed by atoms with van der Waals surface area (Å²) in [7, 11) is 1.26. The van der Waals surface area contributed by atoms with Crippen molar-refractivity contribution < 1.29 is 13.9 Å². The highest BCUT2D eigenvalue weighted by atomic mass is 19.1. The van der Waals surface area contributed by atoms with Gasteiger partial charge in [0.15, 0.2) is 5.82 Å². The molecule has 1 aromatic carbocycles. The molecule has 2 aromatic rings. The zero-order valence-electron chi connectivity index (χ0n) is 12.3. The number of halogens is 1. The van der Waals surface area contributed by atoms with Crippen molar-refractivity contribution in [1.82, 2.24) is 9.78 Å². The number of carbonyl (C=O) groups excluding carboxylic acids is 1. The van der Waals surface area contributed by atoms with E-state index in [-0.39, 0.29) is 16.9 Å². The van der Waals surface area contributed by atoms with Crippen LogP contribution in [0.3, 0.4) is 0 Å². The molecule has 0 spiro atoms. The molecule has 0 aliphatic carbocycles. The van der Waals surface area contributed by atoms with E-state index in [9.17, 15) is 9.18 Å². The Morgan fingerprint density at radius 3 is 2.62 bits per heavy atom. The van der Waals surface area contributed by atoms with E-state index >= 15 is 0 Å². The number of nitrogens with zero attached hydrogens (tertiary/aromatic N) is 2. The molecule has 5 nitrogen and oxygen atoms in total. The van der Waals surface area contributed by atoms with Crippen LogP contribution in [0.2, 0.25) is 0 Å². The molecule has 0 fully saturated rings. The predicted octanol–water partition coefficient (Wildman–Crippen LogP) is 2.50. The monoisotopic (exact) mass is 291 g/mol. The molecule has 1 heterocycles. The number of nitrogens with two attached hydrogens (primary N) is 1. The minimum Gasteiger partial charge on any atom is -0.465 e. The largest absolute Gasteiger partial charge is 0.465 e. The van der Waals surface area contributed by atoms with Gasteiger partial charge >= 0.3 is 5.97 Å². The first-order valence-corrected chi connectivity index (χ1v) is 6.77. The first-order valence-electron chi connectivity index (χ1n) is 6.77. The van der Waals surface area contributed by atoms with Crippen molar-refractivity contribution in [2.75, 3.05) is 12.8 Å². The number of aryl methyl sites for hydroxylation is 2. The van der Waals surface area contributed by atoms with Gasteiger partial charge in [-0.1, -0.05) is 13.8 Å². The third-order valence-corrected chi connectivity index (χ3v) is 3.31. The highest BCUT2D eigenvalue weighted by Crippen LogP contribution is 2.23. The number of hydrogen-bond donors (Lipinski definition) is 1. The summed E-state index contributed by atoms with van der Waals surface area (Å²) < 4.78 is 20.4. The Morgan fingerprint density at radius 2 is 2.05 bits per heavy atom. The van der Waals surface area contributed by atoms with Gasteiger partial charge in [-0.15, -0.1) is 0 Å². The Kier molecular flexibility index (Phi) is 4.26. The summed E-state index contributed by atoms with van der Waals surface area (Å²) in [4.78, 5) is 11.7. The maximum absolute atomic E-state index is 14.2. The van der Waals surface area contributed by atoms with E-state index in [1.54, 1.807) is 0 Å². The molecule has 0 aliphatic heterocycles. The molecule has 0 saturated heterocycles. The van der Waals surface area contributed by atoms with E-state index in [0.29, 0.717) is 6.42 Å². The van der Waals surface area contributed by atoms with E-state index in [1.807, 2.05) is 19.9 Å². The van der Waals surface area contributed by atoms with Gasteiger partial charge in [0, 0.05) is 11.4 Å². The van der Waals surface area contributed by atoms with E-state index in [0.717, 1.165) is 23.9 Å². The van der Waals surface area contributed by atoms with E-state index in [2.05, 4.69) is 9.84 Å². The number of methoxy groups -OCH3 is 1. The SMILES string of the molecule is CCc1cc(CC)n(-c2cc(C(=O)OC)c(N)cc2F)n1. The minimum atomic E-state index is -0.602. The summed E-state index contributed by atoms with van der Waals surface area (Å²) in [6.45, 7) is 3.94. The highest BCUT2D eigenvalue weighted by molar-refractivity contribution is 5.95. The summed E-state index contributed by atoms with van der Waals surface area (Å²) in [6, 6.07) is 4.42. The van der Waals surface area contributed by atoms with Gasteiger partial charge in [0.2, 0.25) is 0 Å². The molecule has 0 atom stereocenters. The van der Waals surface area contributed by atoms with Crippen molar-refractivity contribution in [1.29, 1.82) is 0 Å². The molecule has 21 heavy (non-hydrogen) atoms. The van der Waals surface area contributed by atoms with Crippen molar-refractivity contribution in [3.63, 3.8) is 0 Å². The van der Waals surface area contributed by atoms with Crippen LogP contribution in [0.25, 0.3) is 5.69 Å². The van der Waals surface area contributed by atoms with Crippen molar-refractivity contribution in [3.8, 4) is 5.69 Å². The van der Waals surface area contributed by atoms with Crippen LogP contribution in [0.1, 0.15) is 35.6 Å². The third kappa shape index (κ3) is 2.74. The first-order chi connectivity index (χ1) is 10.0. The van der Waals surface area contributed by atoms with Crippen molar-refractivity contribution >= 4 is 11.7 Å². The van der Waals surface area contributed by atoms with Gasteiger partial charge in [0.1, 0.15) is 5.69 Å². The average molecular weight is 291 g/mol. The van der Waals surface area contributed by atoms with Gasteiger partial charge in [-0.05, 0) is 31.0 Å². The number of esters is 1. The molecule has 2 rings (SSSR count). The van der Waals surface area contributed by atoms with Crippen LogP contribution >= 0.6 is 0 Å². The van der Waals surface area contributed by atoms with Crippen LogP contribution in [0.5, 0.6) is 0 Å². The second kappa shape index (κ2) is 5.95. The highest BCUT2D eigenvalue weighted by Gasteiger charge is 2.18. The number of anilines is 1. The Morgan fingerprint density at radius 1 is 1.33 bits per heavy atom. The van der Waals surface area contributed by atoms with Crippen LogP contribution in [0, 0.1) is 5.82 Å². The van der Waals surface area contributed by atoms with Gasteiger partial charge in [0.25, 0.3) is 0 Å². The Labute approximate surface area is 122 Å². The summed E-state index contributed by atoms with van der Waals surface area (Å²) in [5.41, 5.74) is 7.78. The van der Waals surface area contributed by atoms with Crippen molar-refractivity contribution in [2.45, 2.75) is 26.7 Å². The first kappa shape index (κ1) is 15.0. The standard InChI is InChI=1S/C15H18FN3O2/c1-4-9-6-10(5-2)19(18-9)14-7-11(15(20)21-3)13(17)8-12(14)16/h6-8H,4-5,17H2,1-3H3. The summed E-state index contributed by atoms with van der Waals surface area (Å²) in [5, 5.41) is 4.37. The maximum Gasteiger partial charge on any atom is 0.340 e. The lowest BCUT2D eigenvalue weighted by atomic mass is 10.1. The van der Waals surface area contributed by atoms with E-state index in [4.69, 9.17) is 5.73 Å². The molecule has 0 radical (unpaired) electrons. The smallest absolute Gasteiger partial charge is 0.340 e. The molecule has 0 unspecified atom stereocenters. The predicted molar refractivity (Wildman–Crippen MR) is 78.0 cm³/mol. The number of nitrogen functional groups attached to an aromatic ring is 1. The Bertz CT molecular complexity index is 680. The fourth-order valence-electron chi connectivity index (χ4n) is 2.13. The van der Waals surface area contributed by atoms with Gasteiger partial charge in [-0.3, -0.25) is 0 Å². The second-order valence-corrected chi connectivity index (χ2v) is 4.63. The number of hydrogen-bond acceptors (Lipinski definition) is 4. The topological polar surface area (TPSA) is 70.1 Å². The average Bonchev–Trinajstić information content (AvgIpc) is 2.89. The van der Waals surface area contributed by atoms with Gasteiger partial charge in [-0.25, -0.2) is 13.9 Å². The zero-order valence-corrected chi connectivity index (χ0v) is 12.3. The van der Waals surface area contributed by atoms with Gasteiger partial charge in [0.05, 0.1) is 18.4 Å². The lowest BCUT2D eigenvalue weighted by Crippen LogP contribution is -2.11. The van der Waals surface area contributed by atoms with Crippen LogP contribution in [0.15, 0.2) is 18.2 Å². The number of carbonyl (C=O) groups is 1. The number of rotatable bonds is 4. The lowest BCUT2D eigenvalue weighted by Gasteiger charge is -2.11. The van der Waals surface area contributed by atoms with Crippen molar-refractivity contribution in [2.24, 2.45) is 0 Å². The number of benzene rings is 1. The minimum absolute atomic E-state index is 0.0454. The van der Waals surface area contributed by atoms with E-state index < -0.39 is 11.8 Å². The second-order valence-electron chi connectivity index (χ2n) is 4.63. The van der Waals surface area contributed by atoms with Crippen LogP contribution in [-0.4, -0.2) is 22.9 Å². The Hall–Kier alpha value is -2.37. The number of ether oxygens (including phenoxy) is 1. The normalized spacial score (nSPS) is 10.7. The molecular weight excluding hydrogens is 273 g/mol. The zero-order chi connectivity index (χ0) is 15.6. The molecule has 6 heteroatoms.